The SMILES string of the molecule is Cc1sccc1C(=O)CSC(C)C. The molecular formula is C10H14OS2. The molecule has 0 aliphatic heterocycles. The first-order valence-corrected chi connectivity index (χ1v) is 6.23. The molecule has 3 heteroatoms. The van der Waals surface area contributed by atoms with Crippen LogP contribution in [0.3, 0.4) is 0 Å². The highest BCUT2D eigenvalue weighted by Crippen LogP contribution is 2.18. The Labute approximate surface area is 87.5 Å². The third-order valence-electron chi connectivity index (χ3n) is 1.71. The molecule has 72 valence electrons. The zero-order chi connectivity index (χ0) is 9.84. The van der Waals surface area contributed by atoms with Crippen LogP contribution in [0.15, 0.2) is 11.4 Å². The monoisotopic (exact) mass is 214 g/mol. The molecule has 0 bridgehead atoms. The molecule has 0 aliphatic rings. The maximum absolute atomic E-state index is 11.6. The van der Waals surface area contributed by atoms with Crippen molar-refractivity contribution in [2.75, 3.05) is 5.75 Å². The molecule has 0 unspecified atom stereocenters. The van der Waals surface area contributed by atoms with Crippen molar-refractivity contribution in [3.05, 3.63) is 21.9 Å². The van der Waals surface area contributed by atoms with Gasteiger partial charge in [-0.2, -0.15) is 11.8 Å². The summed E-state index contributed by atoms with van der Waals surface area (Å²) in [6, 6.07) is 1.92. The smallest absolute Gasteiger partial charge is 0.173 e. The van der Waals surface area contributed by atoms with E-state index in [1.165, 1.54) is 0 Å². The Morgan fingerprint density at radius 1 is 1.62 bits per heavy atom. The third-order valence-corrected chi connectivity index (χ3v) is 3.65. The largest absolute Gasteiger partial charge is 0.293 e. The molecule has 0 aromatic carbocycles. The lowest BCUT2D eigenvalue weighted by Gasteiger charge is -2.03. The van der Waals surface area contributed by atoms with Crippen molar-refractivity contribution in [3.63, 3.8) is 0 Å². The van der Waals surface area contributed by atoms with Crippen molar-refractivity contribution in [2.45, 2.75) is 26.0 Å². The van der Waals surface area contributed by atoms with Crippen LogP contribution in [-0.2, 0) is 0 Å². The van der Waals surface area contributed by atoms with Crippen LogP contribution < -0.4 is 0 Å². The van der Waals surface area contributed by atoms with Crippen LogP contribution in [0.2, 0.25) is 0 Å². The van der Waals surface area contributed by atoms with Gasteiger partial charge < -0.3 is 0 Å². The summed E-state index contributed by atoms with van der Waals surface area (Å²) in [5.41, 5.74) is 0.901. The summed E-state index contributed by atoms with van der Waals surface area (Å²) < 4.78 is 0. The van der Waals surface area contributed by atoms with E-state index in [-0.39, 0.29) is 5.78 Å². The van der Waals surface area contributed by atoms with E-state index in [0.717, 1.165) is 10.4 Å². The van der Waals surface area contributed by atoms with Crippen LogP contribution in [-0.4, -0.2) is 16.8 Å². The second-order valence-corrected chi connectivity index (χ2v) is 5.86. The van der Waals surface area contributed by atoms with E-state index in [1.54, 1.807) is 23.1 Å². The number of aryl methyl sites for hydroxylation is 1. The van der Waals surface area contributed by atoms with E-state index in [0.29, 0.717) is 11.0 Å². The van der Waals surface area contributed by atoms with E-state index in [9.17, 15) is 4.79 Å². The van der Waals surface area contributed by atoms with Gasteiger partial charge in [0.25, 0.3) is 0 Å². The zero-order valence-electron chi connectivity index (χ0n) is 8.16. The summed E-state index contributed by atoms with van der Waals surface area (Å²) in [5.74, 6) is 0.868. The standard InChI is InChI=1S/C10H14OS2/c1-7(2)13-6-10(11)9-4-5-12-8(9)3/h4-5,7H,6H2,1-3H3. The van der Waals surface area contributed by atoms with E-state index >= 15 is 0 Å². The van der Waals surface area contributed by atoms with Crippen LogP contribution in [0.5, 0.6) is 0 Å². The first-order valence-electron chi connectivity index (χ1n) is 4.30. The van der Waals surface area contributed by atoms with Crippen molar-refractivity contribution in [1.82, 2.24) is 0 Å². The van der Waals surface area contributed by atoms with Gasteiger partial charge >= 0.3 is 0 Å². The van der Waals surface area contributed by atoms with Crippen molar-refractivity contribution < 1.29 is 4.79 Å². The highest BCUT2D eigenvalue weighted by atomic mass is 32.2. The predicted octanol–water partition coefficient (Wildman–Crippen LogP) is 3.38. The van der Waals surface area contributed by atoms with Gasteiger partial charge in [-0.1, -0.05) is 13.8 Å². The van der Waals surface area contributed by atoms with Crippen molar-refractivity contribution in [2.24, 2.45) is 0 Å². The molecule has 1 nitrogen and oxygen atoms in total. The predicted molar refractivity (Wildman–Crippen MR) is 61.0 cm³/mol. The number of Topliss-reactive ketones (excluding diaryl/α,β-unsaturated/α-hetero) is 1. The number of carbonyl (C=O) groups is 1. The van der Waals surface area contributed by atoms with E-state index in [4.69, 9.17) is 0 Å². The number of hydrogen-bond acceptors (Lipinski definition) is 3. The average molecular weight is 214 g/mol. The Kier molecular flexibility index (Phi) is 4.00. The van der Waals surface area contributed by atoms with Crippen LogP contribution in [0, 0.1) is 6.92 Å². The summed E-state index contributed by atoms with van der Waals surface area (Å²) in [6.45, 7) is 6.22. The lowest BCUT2D eigenvalue weighted by molar-refractivity contribution is 0.102. The van der Waals surface area contributed by atoms with Crippen molar-refractivity contribution >= 4 is 28.9 Å². The number of rotatable bonds is 4. The minimum absolute atomic E-state index is 0.262. The first kappa shape index (κ1) is 10.8. The highest BCUT2D eigenvalue weighted by molar-refractivity contribution is 8.00. The quantitative estimate of drug-likeness (QED) is 0.715. The first-order chi connectivity index (χ1) is 6.11. The number of thiophene rings is 1. The molecular weight excluding hydrogens is 200 g/mol. The van der Waals surface area contributed by atoms with E-state index < -0.39 is 0 Å². The Morgan fingerprint density at radius 2 is 2.31 bits per heavy atom. The average Bonchev–Trinajstić information content (AvgIpc) is 2.47. The normalized spacial score (nSPS) is 10.8. The molecule has 1 aromatic rings. The number of carbonyl (C=O) groups excluding carboxylic acids is 1. The number of thioether (sulfide) groups is 1. The summed E-state index contributed by atoms with van der Waals surface area (Å²) >= 11 is 3.34. The Hall–Kier alpha value is -0.280. The molecule has 1 heterocycles. The summed E-state index contributed by atoms with van der Waals surface area (Å²) in [5, 5.41) is 2.51. The molecule has 0 atom stereocenters. The van der Waals surface area contributed by atoms with E-state index in [1.807, 2.05) is 18.4 Å². The van der Waals surface area contributed by atoms with Crippen LogP contribution in [0.25, 0.3) is 0 Å². The maximum Gasteiger partial charge on any atom is 0.173 e. The molecule has 13 heavy (non-hydrogen) atoms. The van der Waals surface area contributed by atoms with Gasteiger partial charge in [-0.05, 0) is 23.6 Å². The lowest BCUT2D eigenvalue weighted by atomic mass is 10.2. The van der Waals surface area contributed by atoms with Crippen molar-refractivity contribution in [3.8, 4) is 0 Å². The van der Waals surface area contributed by atoms with Gasteiger partial charge in [-0.3, -0.25) is 4.79 Å². The Morgan fingerprint density at radius 3 is 2.77 bits per heavy atom. The number of hydrogen-bond donors (Lipinski definition) is 0. The van der Waals surface area contributed by atoms with Gasteiger partial charge in [-0.15, -0.1) is 11.3 Å². The summed E-state index contributed by atoms with van der Waals surface area (Å²) in [7, 11) is 0. The van der Waals surface area contributed by atoms with Gasteiger partial charge in [0.2, 0.25) is 0 Å². The number of ketones is 1. The van der Waals surface area contributed by atoms with Crippen LogP contribution in [0.4, 0.5) is 0 Å². The summed E-state index contributed by atoms with van der Waals surface area (Å²) in [4.78, 5) is 12.8. The molecule has 0 amide bonds. The van der Waals surface area contributed by atoms with E-state index in [2.05, 4.69) is 13.8 Å². The minimum Gasteiger partial charge on any atom is -0.293 e. The van der Waals surface area contributed by atoms with Crippen LogP contribution in [0.1, 0.15) is 29.1 Å². The second-order valence-electron chi connectivity index (χ2n) is 3.17. The van der Waals surface area contributed by atoms with Crippen molar-refractivity contribution in [1.29, 1.82) is 0 Å². The van der Waals surface area contributed by atoms with Crippen LogP contribution >= 0.6 is 23.1 Å². The topological polar surface area (TPSA) is 17.1 Å². The van der Waals surface area contributed by atoms with Gasteiger partial charge in [0.05, 0.1) is 5.75 Å². The molecule has 0 radical (unpaired) electrons. The Balaban J connectivity index is 2.54. The lowest BCUT2D eigenvalue weighted by Crippen LogP contribution is -2.04. The molecule has 0 N–H and O–H groups in total. The summed E-state index contributed by atoms with van der Waals surface area (Å²) in [6.07, 6.45) is 0. The second kappa shape index (κ2) is 4.82. The minimum atomic E-state index is 0.262. The highest BCUT2D eigenvalue weighted by Gasteiger charge is 2.10. The fourth-order valence-corrected chi connectivity index (χ4v) is 2.35. The fourth-order valence-electron chi connectivity index (χ4n) is 0.994. The molecule has 0 fully saturated rings. The third kappa shape index (κ3) is 3.16. The van der Waals surface area contributed by atoms with Gasteiger partial charge in [0, 0.05) is 10.4 Å². The maximum atomic E-state index is 11.6. The molecule has 1 aromatic heterocycles. The van der Waals surface area contributed by atoms with Gasteiger partial charge in [-0.25, -0.2) is 0 Å². The molecule has 0 aliphatic carbocycles. The molecule has 0 spiro atoms. The Bertz CT molecular complexity index is 289. The zero-order valence-corrected chi connectivity index (χ0v) is 9.80. The molecule has 1 rings (SSSR count). The van der Waals surface area contributed by atoms with Gasteiger partial charge in [0.1, 0.15) is 0 Å². The fraction of sp³-hybridized carbons (Fsp3) is 0.500. The van der Waals surface area contributed by atoms with Gasteiger partial charge in [0.15, 0.2) is 5.78 Å². The molecule has 0 saturated carbocycles. The molecule has 0 saturated heterocycles.